The summed E-state index contributed by atoms with van der Waals surface area (Å²) in [6.45, 7) is 6.85. The van der Waals surface area contributed by atoms with E-state index < -0.39 is 0 Å². The summed E-state index contributed by atoms with van der Waals surface area (Å²) in [4.78, 5) is 0. The summed E-state index contributed by atoms with van der Waals surface area (Å²) < 4.78 is 2.22. The average molecular weight is 442 g/mol. The zero-order valence-electron chi connectivity index (χ0n) is 14.1. The number of hydrogen-bond donors (Lipinski definition) is 0. The van der Waals surface area contributed by atoms with Gasteiger partial charge in [0.05, 0.1) is 0 Å². The molecule has 0 atom stereocenters. The summed E-state index contributed by atoms with van der Waals surface area (Å²) >= 11 is 7.10. The van der Waals surface area contributed by atoms with Crippen LogP contribution in [0.15, 0.2) is 69.6 Å². The van der Waals surface area contributed by atoms with E-state index in [0.29, 0.717) is 0 Å². The summed E-state index contributed by atoms with van der Waals surface area (Å²) in [5, 5.41) is 0. The molecule has 0 saturated heterocycles. The van der Waals surface area contributed by atoms with Gasteiger partial charge in [-0.2, -0.15) is 0 Å². The van der Waals surface area contributed by atoms with Crippen molar-refractivity contribution >= 4 is 55.0 Å². The van der Waals surface area contributed by atoms with Crippen LogP contribution in [0, 0.1) is 20.8 Å². The van der Waals surface area contributed by atoms with Crippen LogP contribution in [0.5, 0.6) is 0 Å². The van der Waals surface area contributed by atoms with E-state index >= 15 is 0 Å². The molecule has 0 nitrogen and oxygen atoms in total. The molecule has 3 rings (SSSR count). The Kier molecular flexibility index (Phi) is 5.31. The Morgan fingerprint density at radius 2 is 1.00 bits per heavy atom. The molecule has 0 spiro atoms. The number of rotatable bonds is 3. The molecule has 0 aromatic heterocycles. The Morgan fingerprint density at radius 3 is 1.38 bits per heavy atom. The zero-order valence-corrected chi connectivity index (χ0v) is 17.3. The largest absolute Gasteiger partial charge is 0.241 e. The highest BCUT2D eigenvalue weighted by Gasteiger charge is 2.25. The first-order valence-corrected chi connectivity index (χ1v) is 9.63. The van der Waals surface area contributed by atoms with E-state index in [1.807, 2.05) is 0 Å². The molecule has 0 radical (unpaired) electrons. The van der Waals surface area contributed by atoms with E-state index in [-0.39, 0.29) is 6.71 Å². The Balaban J connectivity index is 2.22. The van der Waals surface area contributed by atoms with E-state index in [9.17, 15) is 0 Å². The molecule has 0 aliphatic rings. The van der Waals surface area contributed by atoms with Crippen molar-refractivity contribution in [1.29, 1.82) is 0 Å². The predicted octanol–water partition coefficient (Wildman–Crippen LogP) is 4.65. The van der Waals surface area contributed by atoms with Crippen molar-refractivity contribution in [2.24, 2.45) is 0 Å². The van der Waals surface area contributed by atoms with Crippen LogP contribution in [-0.4, -0.2) is 6.71 Å². The fourth-order valence-electron chi connectivity index (χ4n) is 3.48. The lowest BCUT2D eigenvalue weighted by Gasteiger charge is -2.21. The third kappa shape index (κ3) is 3.68. The van der Waals surface area contributed by atoms with Gasteiger partial charge in [0, 0.05) is 8.95 Å². The van der Waals surface area contributed by atoms with Crippen molar-refractivity contribution in [3.8, 4) is 0 Å². The van der Waals surface area contributed by atoms with E-state index in [4.69, 9.17) is 0 Å². The first-order valence-electron chi connectivity index (χ1n) is 8.04. The summed E-state index contributed by atoms with van der Waals surface area (Å²) in [7, 11) is 0. The monoisotopic (exact) mass is 440 g/mol. The summed E-state index contributed by atoms with van der Waals surface area (Å²) in [5.74, 6) is 0. The highest BCUT2D eigenvalue weighted by molar-refractivity contribution is 9.10. The quantitative estimate of drug-likeness (QED) is 0.519. The first-order chi connectivity index (χ1) is 11.5. The topological polar surface area (TPSA) is 0 Å². The van der Waals surface area contributed by atoms with Crippen LogP contribution in [0.25, 0.3) is 0 Å². The van der Waals surface area contributed by atoms with Gasteiger partial charge in [0.1, 0.15) is 0 Å². The summed E-state index contributed by atoms with van der Waals surface area (Å²) in [6.07, 6.45) is 0. The number of halogens is 2. The van der Waals surface area contributed by atoms with Crippen LogP contribution < -0.4 is 16.4 Å². The second-order valence-corrected chi connectivity index (χ2v) is 8.18. The van der Waals surface area contributed by atoms with Crippen LogP contribution in [0.1, 0.15) is 16.7 Å². The van der Waals surface area contributed by atoms with Crippen molar-refractivity contribution in [2.75, 3.05) is 0 Å². The second-order valence-electron chi connectivity index (χ2n) is 6.35. The lowest BCUT2D eigenvalue weighted by atomic mass is 9.35. The Hall–Kier alpha value is -1.32. The molecule has 3 aromatic rings. The van der Waals surface area contributed by atoms with E-state index in [1.165, 1.54) is 33.1 Å². The van der Waals surface area contributed by atoms with Crippen LogP contribution in [0.2, 0.25) is 0 Å². The lowest BCUT2D eigenvalue weighted by molar-refractivity contribution is 1.35. The Morgan fingerprint density at radius 1 is 0.625 bits per heavy atom. The predicted molar refractivity (Wildman–Crippen MR) is 114 cm³/mol. The third-order valence-electron chi connectivity index (χ3n) is 4.43. The van der Waals surface area contributed by atoms with Crippen molar-refractivity contribution in [1.82, 2.24) is 0 Å². The minimum Gasteiger partial charge on any atom is -0.0686 e. The number of benzene rings is 3. The van der Waals surface area contributed by atoms with Gasteiger partial charge in [0.15, 0.2) is 0 Å². The highest BCUT2D eigenvalue weighted by atomic mass is 79.9. The molecule has 0 heterocycles. The molecule has 0 aliphatic heterocycles. The summed E-state index contributed by atoms with van der Waals surface area (Å²) in [6, 6.07) is 21.9. The minimum atomic E-state index is 0.242. The van der Waals surface area contributed by atoms with Crippen LogP contribution in [-0.2, 0) is 0 Å². The lowest BCUT2D eigenvalue weighted by Crippen LogP contribution is -2.53. The maximum atomic E-state index is 3.55. The number of aryl methyl sites for hydroxylation is 3. The normalized spacial score (nSPS) is 10.7. The SMILES string of the molecule is Cc1cc(C)c(B(c2ccc(Br)cc2)c2ccc(Br)cc2)c(C)c1. The standard InChI is InChI=1S/C21H19BBr2/c1-14-12-15(2)21(16(3)13-14)22(17-4-8-19(23)9-5-17)18-6-10-20(24)11-7-18/h4-13H,1-3H3. The molecule has 0 fully saturated rings. The smallest absolute Gasteiger partial charge is 0.0686 e. The molecule has 120 valence electrons. The average Bonchev–Trinajstić information content (AvgIpc) is 2.53. The fourth-order valence-corrected chi connectivity index (χ4v) is 4.01. The summed E-state index contributed by atoms with van der Waals surface area (Å²) in [5.41, 5.74) is 8.06. The third-order valence-corrected chi connectivity index (χ3v) is 5.49. The van der Waals surface area contributed by atoms with Crippen molar-refractivity contribution in [2.45, 2.75) is 20.8 Å². The van der Waals surface area contributed by atoms with Gasteiger partial charge in [-0.3, -0.25) is 0 Å². The van der Waals surface area contributed by atoms with Gasteiger partial charge in [-0.1, -0.05) is 101 Å². The molecular weight excluding hydrogens is 423 g/mol. The van der Waals surface area contributed by atoms with Crippen LogP contribution >= 0.6 is 31.9 Å². The Labute approximate surface area is 161 Å². The molecule has 0 aliphatic carbocycles. The van der Waals surface area contributed by atoms with Gasteiger partial charge in [0.25, 0.3) is 0 Å². The van der Waals surface area contributed by atoms with Gasteiger partial charge in [-0.25, -0.2) is 0 Å². The van der Waals surface area contributed by atoms with E-state index in [1.54, 1.807) is 0 Å². The van der Waals surface area contributed by atoms with Gasteiger partial charge in [-0.05, 0) is 45.0 Å². The highest BCUT2D eigenvalue weighted by Crippen LogP contribution is 2.12. The molecular formula is C21H19BBr2. The molecule has 0 N–H and O–H groups in total. The number of hydrogen-bond acceptors (Lipinski definition) is 0. The van der Waals surface area contributed by atoms with Crippen LogP contribution in [0.3, 0.4) is 0 Å². The van der Waals surface area contributed by atoms with Gasteiger partial charge >= 0.3 is 0 Å². The van der Waals surface area contributed by atoms with Crippen molar-refractivity contribution in [3.05, 3.63) is 86.3 Å². The van der Waals surface area contributed by atoms with Crippen molar-refractivity contribution < 1.29 is 0 Å². The molecule has 0 amide bonds. The fraction of sp³-hybridized carbons (Fsp3) is 0.143. The van der Waals surface area contributed by atoms with Gasteiger partial charge < -0.3 is 0 Å². The van der Waals surface area contributed by atoms with Gasteiger partial charge in [-0.15, -0.1) is 0 Å². The molecule has 0 saturated carbocycles. The first kappa shape index (κ1) is 17.5. The van der Waals surface area contributed by atoms with E-state index in [2.05, 4.69) is 113 Å². The second kappa shape index (κ2) is 7.29. The molecule has 24 heavy (non-hydrogen) atoms. The maximum Gasteiger partial charge on any atom is 0.241 e. The minimum absolute atomic E-state index is 0.242. The molecule has 0 bridgehead atoms. The van der Waals surface area contributed by atoms with E-state index in [0.717, 1.165) is 8.95 Å². The maximum absolute atomic E-state index is 3.55. The Bertz CT molecular complexity index is 784. The van der Waals surface area contributed by atoms with Crippen molar-refractivity contribution in [3.63, 3.8) is 0 Å². The molecule has 0 unspecified atom stereocenters. The molecule has 3 heteroatoms. The van der Waals surface area contributed by atoms with Gasteiger partial charge in [0.2, 0.25) is 6.71 Å². The van der Waals surface area contributed by atoms with Crippen LogP contribution in [0.4, 0.5) is 0 Å². The molecule has 3 aromatic carbocycles. The zero-order chi connectivity index (χ0) is 17.3.